The van der Waals surface area contributed by atoms with Crippen molar-refractivity contribution in [1.82, 2.24) is 0 Å². The van der Waals surface area contributed by atoms with Gasteiger partial charge < -0.3 is 18.9 Å². The van der Waals surface area contributed by atoms with Crippen LogP contribution in [-0.4, -0.2) is 26.4 Å². The molecule has 0 N–H and O–H groups in total. The van der Waals surface area contributed by atoms with Crippen molar-refractivity contribution in [2.75, 3.05) is 26.4 Å². The molecule has 6 rings (SSSR count). The Kier molecular flexibility index (Phi) is 12.7. The fraction of sp³-hybridized carbons (Fsp3) is 0.170. The molecule has 0 aliphatic rings. The van der Waals surface area contributed by atoms with Crippen LogP contribution in [0.4, 0.5) is 0 Å². The fourth-order valence-corrected chi connectivity index (χ4v) is 7.23. The minimum Gasteiger partial charge on any atom is -0.481 e. The molecule has 6 aromatic carbocycles. The summed E-state index contributed by atoms with van der Waals surface area (Å²) in [6.07, 6.45) is 22.6. The number of rotatable bonds is 14. The molecule has 0 heterocycles. The third-order valence-corrected chi connectivity index (χ3v) is 9.82. The molecule has 0 saturated carbocycles. The monoisotopic (exact) mass is 744 g/mol. The van der Waals surface area contributed by atoms with Crippen LogP contribution >= 0.6 is 0 Å². The maximum atomic E-state index is 6.46. The predicted octanol–water partition coefficient (Wildman–Crippen LogP) is 11.1. The van der Waals surface area contributed by atoms with Crippen molar-refractivity contribution in [3.05, 3.63) is 154 Å². The first-order valence-electron chi connectivity index (χ1n) is 18.7. The maximum absolute atomic E-state index is 6.46. The topological polar surface area (TPSA) is 36.9 Å². The largest absolute Gasteiger partial charge is 0.481 e. The van der Waals surface area contributed by atoms with Crippen molar-refractivity contribution in [3.63, 3.8) is 0 Å². The van der Waals surface area contributed by atoms with E-state index >= 15 is 0 Å². The highest BCUT2D eigenvalue weighted by molar-refractivity contribution is 5.74. The van der Waals surface area contributed by atoms with Gasteiger partial charge in [-0.3, -0.25) is 0 Å². The van der Waals surface area contributed by atoms with Crippen LogP contribution in [0, 0.1) is 77.1 Å². The molecular formula is C53H44O4. The minimum absolute atomic E-state index is 0.0973. The number of ether oxygens (including phenoxy) is 4. The second-order valence-corrected chi connectivity index (χ2v) is 13.8. The van der Waals surface area contributed by atoms with Crippen LogP contribution < -0.4 is 18.9 Å². The highest BCUT2D eigenvalue weighted by Gasteiger charge is 2.28. The highest BCUT2D eigenvalue weighted by Crippen LogP contribution is 2.47. The van der Waals surface area contributed by atoms with Crippen LogP contribution in [0.5, 0.6) is 23.0 Å². The molecule has 0 saturated heterocycles. The number of benzene rings is 6. The van der Waals surface area contributed by atoms with E-state index in [-0.39, 0.29) is 32.3 Å². The molecule has 0 bridgehead atoms. The molecule has 280 valence electrons. The smallest absolute Gasteiger partial charge is 0.148 e. The van der Waals surface area contributed by atoms with Crippen LogP contribution in [0.1, 0.15) is 44.9 Å². The van der Waals surface area contributed by atoms with Gasteiger partial charge in [0, 0.05) is 17.0 Å². The molecule has 0 spiro atoms. The van der Waals surface area contributed by atoms with Gasteiger partial charge in [0.25, 0.3) is 0 Å². The molecular weight excluding hydrogens is 701 g/mol. The lowest BCUT2D eigenvalue weighted by Gasteiger charge is -2.27. The van der Waals surface area contributed by atoms with Crippen molar-refractivity contribution in [3.8, 4) is 106 Å². The molecule has 0 aliphatic heterocycles. The summed E-state index contributed by atoms with van der Waals surface area (Å²) in [5, 5.41) is 0. The van der Waals surface area contributed by atoms with Gasteiger partial charge in [-0.15, -0.1) is 25.7 Å². The van der Waals surface area contributed by atoms with Crippen LogP contribution in [0.15, 0.2) is 115 Å². The normalized spacial score (nSPS) is 10.5. The molecule has 6 aromatic rings. The summed E-state index contributed by atoms with van der Waals surface area (Å²) in [4.78, 5) is 0. The lowest BCUT2D eigenvalue weighted by Crippen LogP contribution is -2.12. The Morgan fingerprint density at radius 3 is 1.21 bits per heavy atom. The Hall–Kier alpha value is -7.24. The van der Waals surface area contributed by atoms with Gasteiger partial charge in [-0.25, -0.2) is 0 Å². The lowest BCUT2D eigenvalue weighted by molar-refractivity contribution is 0.357. The van der Waals surface area contributed by atoms with Gasteiger partial charge in [-0.1, -0.05) is 90.4 Å². The van der Waals surface area contributed by atoms with E-state index in [4.69, 9.17) is 44.6 Å². The predicted molar refractivity (Wildman–Crippen MR) is 233 cm³/mol. The summed E-state index contributed by atoms with van der Waals surface area (Å²) in [5.74, 6) is 13.0. The third kappa shape index (κ3) is 9.01. The van der Waals surface area contributed by atoms with E-state index in [0.717, 1.165) is 83.8 Å². The Morgan fingerprint density at radius 1 is 0.404 bits per heavy atom. The van der Waals surface area contributed by atoms with Crippen molar-refractivity contribution in [2.45, 2.75) is 33.6 Å². The number of aryl methyl sites for hydroxylation is 4. The molecule has 4 nitrogen and oxygen atoms in total. The van der Waals surface area contributed by atoms with E-state index in [2.05, 4.69) is 122 Å². The molecule has 0 radical (unpaired) electrons. The molecule has 0 aliphatic carbocycles. The van der Waals surface area contributed by atoms with Crippen molar-refractivity contribution in [2.24, 2.45) is 0 Å². The van der Waals surface area contributed by atoms with E-state index < -0.39 is 0 Å². The van der Waals surface area contributed by atoms with Crippen molar-refractivity contribution >= 4 is 0 Å². The molecule has 0 aromatic heterocycles. The molecule has 0 fully saturated rings. The minimum atomic E-state index is -0.383. The number of terminal acetylenes is 4. The van der Waals surface area contributed by atoms with Gasteiger partial charge in [-0.05, 0) is 137 Å². The van der Waals surface area contributed by atoms with Gasteiger partial charge in [0.1, 0.15) is 49.4 Å². The Labute approximate surface area is 337 Å². The van der Waals surface area contributed by atoms with Gasteiger partial charge in [0.15, 0.2) is 0 Å². The van der Waals surface area contributed by atoms with Crippen LogP contribution in [-0.2, 0) is 0 Å². The average molecular weight is 745 g/mol. The molecule has 4 heteroatoms. The van der Waals surface area contributed by atoms with E-state index in [9.17, 15) is 0 Å². The second kappa shape index (κ2) is 18.4. The summed E-state index contributed by atoms with van der Waals surface area (Å²) >= 11 is 0. The Bertz CT molecular complexity index is 2410. The summed E-state index contributed by atoms with van der Waals surface area (Å²) in [6, 6.07) is 39.9. The standard InChI is InChI=1S/C53H44O4/c1-9-26-54-49-24-22-43(30-36(49)5)45-32-38(7)52(56-28-11-3)47(34-45)51(42-20-18-41(19-21-42)40-16-14-13-15-17-40)48-35-46(33-39(8)53(48)57-29-12-4)44-23-25-50(37(6)31-44)55-27-10-2/h1-4,13-25,30-35,51H,26-29H2,5-8H3. The Balaban J connectivity index is 1.63. The zero-order valence-electron chi connectivity index (χ0n) is 32.8. The molecule has 57 heavy (non-hydrogen) atoms. The van der Waals surface area contributed by atoms with Crippen LogP contribution in [0.2, 0.25) is 0 Å². The maximum Gasteiger partial charge on any atom is 0.148 e. The second-order valence-electron chi connectivity index (χ2n) is 13.8. The molecule has 0 amide bonds. The lowest BCUT2D eigenvalue weighted by atomic mass is 9.80. The first kappa shape index (κ1) is 39.5. The van der Waals surface area contributed by atoms with E-state index in [0.29, 0.717) is 11.5 Å². The van der Waals surface area contributed by atoms with Crippen molar-refractivity contribution < 1.29 is 18.9 Å². The van der Waals surface area contributed by atoms with Crippen molar-refractivity contribution in [1.29, 1.82) is 0 Å². The highest BCUT2D eigenvalue weighted by atomic mass is 16.5. The zero-order chi connectivity index (χ0) is 40.3. The van der Waals surface area contributed by atoms with Gasteiger partial charge >= 0.3 is 0 Å². The number of hydrogen-bond acceptors (Lipinski definition) is 4. The van der Waals surface area contributed by atoms with E-state index in [1.807, 2.05) is 44.2 Å². The quantitative estimate of drug-likeness (QED) is 0.0822. The average Bonchev–Trinajstić information content (AvgIpc) is 3.22. The van der Waals surface area contributed by atoms with Crippen LogP contribution in [0.25, 0.3) is 33.4 Å². The van der Waals surface area contributed by atoms with Gasteiger partial charge in [0.05, 0.1) is 0 Å². The van der Waals surface area contributed by atoms with Gasteiger partial charge in [-0.2, -0.15) is 0 Å². The van der Waals surface area contributed by atoms with Crippen LogP contribution in [0.3, 0.4) is 0 Å². The summed E-state index contributed by atoms with van der Waals surface area (Å²) in [6.45, 7) is 8.72. The first-order chi connectivity index (χ1) is 27.8. The third-order valence-electron chi connectivity index (χ3n) is 9.82. The zero-order valence-corrected chi connectivity index (χ0v) is 32.8. The SMILES string of the molecule is C#CCOc1ccc(-c2cc(C)c(OCC#C)c(C(c3ccc(-c4ccccc4)cc3)c3cc(-c4ccc(OCC#C)c(C)c4)cc(C)c3OCC#C)c2)cc1C. The van der Waals surface area contributed by atoms with E-state index in [1.54, 1.807) is 0 Å². The van der Waals surface area contributed by atoms with E-state index in [1.165, 1.54) is 0 Å². The number of hydrogen-bond donors (Lipinski definition) is 0. The Morgan fingerprint density at radius 2 is 0.789 bits per heavy atom. The fourth-order valence-electron chi connectivity index (χ4n) is 7.23. The van der Waals surface area contributed by atoms with Gasteiger partial charge in [0.2, 0.25) is 0 Å². The summed E-state index contributed by atoms with van der Waals surface area (Å²) < 4.78 is 24.5. The first-order valence-corrected chi connectivity index (χ1v) is 18.7. The molecule has 0 unspecified atom stereocenters. The molecule has 0 atom stereocenters. The summed E-state index contributed by atoms with van der Waals surface area (Å²) in [5.41, 5.74) is 13.0. The summed E-state index contributed by atoms with van der Waals surface area (Å²) in [7, 11) is 0.